The number of nitrogens with zero attached hydrogens (tertiary/aromatic N) is 1. The van der Waals surface area contributed by atoms with Crippen LogP contribution in [0.3, 0.4) is 0 Å². The van der Waals surface area contributed by atoms with Crippen LogP contribution in [0.25, 0.3) is 0 Å². The molecular formula is C27H46ClNO2. The van der Waals surface area contributed by atoms with Gasteiger partial charge in [0.25, 0.3) is 0 Å². The van der Waals surface area contributed by atoms with Crippen LogP contribution in [0.15, 0.2) is 0 Å². The molecule has 4 saturated carbocycles. The van der Waals surface area contributed by atoms with E-state index in [1.165, 1.54) is 45.2 Å². The number of halogens is 1. The first-order chi connectivity index (χ1) is 14.4. The molecular weight excluding hydrogens is 406 g/mol. The van der Waals surface area contributed by atoms with Crippen molar-refractivity contribution in [2.24, 2.45) is 58.7 Å². The summed E-state index contributed by atoms with van der Waals surface area (Å²) in [6, 6.07) is 0.853. The number of aliphatic hydroxyl groups excluding tert-OH is 2. The molecule has 0 spiro atoms. The van der Waals surface area contributed by atoms with Gasteiger partial charge in [-0.2, -0.15) is 0 Å². The van der Waals surface area contributed by atoms with E-state index in [1.54, 1.807) is 0 Å². The maximum absolute atomic E-state index is 11.2. The minimum Gasteiger partial charge on any atom is -0.393 e. The normalized spacial score (nSPS) is 58.7. The molecule has 4 aliphatic carbocycles. The lowest BCUT2D eigenvalue weighted by Gasteiger charge is -2.56. The first-order valence-electron chi connectivity index (χ1n) is 13.5. The Bertz CT molecular complexity index is 672. The molecule has 0 bridgehead atoms. The predicted molar refractivity (Wildman–Crippen MR) is 127 cm³/mol. The Hall–Kier alpha value is 0.170. The van der Waals surface area contributed by atoms with Crippen LogP contribution >= 0.6 is 12.4 Å². The van der Waals surface area contributed by atoms with Crippen molar-refractivity contribution in [3.63, 3.8) is 0 Å². The summed E-state index contributed by atoms with van der Waals surface area (Å²) in [4.78, 5) is 2.92. The van der Waals surface area contributed by atoms with Crippen molar-refractivity contribution < 1.29 is 10.2 Å². The lowest BCUT2D eigenvalue weighted by Crippen LogP contribution is -2.58. The Morgan fingerprint density at radius 2 is 1.52 bits per heavy atom. The minimum atomic E-state index is -0.181. The van der Waals surface area contributed by atoms with E-state index < -0.39 is 0 Å². The van der Waals surface area contributed by atoms with E-state index in [9.17, 15) is 10.2 Å². The van der Waals surface area contributed by atoms with E-state index in [4.69, 9.17) is 0 Å². The van der Waals surface area contributed by atoms with E-state index in [0.717, 1.165) is 79.1 Å². The molecule has 6 rings (SSSR count). The predicted octanol–water partition coefficient (Wildman–Crippen LogP) is 4.99. The quantitative estimate of drug-likeness (QED) is 0.545. The van der Waals surface area contributed by atoms with Gasteiger partial charge in [-0.15, -0.1) is 12.4 Å². The summed E-state index contributed by atoms with van der Waals surface area (Å²) in [5.41, 5.74) is 0.261. The monoisotopic (exact) mass is 451 g/mol. The van der Waals surface area contributed by atoms with Gasteiger partial charge in [-0.25, -0.2) is 0 Å². The van der Waals surface area contributed by atoms with Crippen LogP contribution in [0.5, 0.6) is 0 Å². The second kappa shape index (κ2) is 8.14. The number of aliphatic hydroxyl groups is 2. The first kappa shape index (κ1) is 22.9. The number of rotatable bonds is 0. The summed E-state index contributed by atoms with van der Waals surface area (Å²) >= 11 is 0. The van der Waals surface area contributed by atoms with Crippen molar-refractivity contribution in [3.8, 4) is 0 Å². The molecule has 2 saturated heterocycles. The van der Waals surface area contributed by atoms with Gasteiger partial charge in [0.15, 0.2) is 0 Å². The third kappa shape index (κ3) is 3.38. The van der Waals surface area contributed by atoms with Gasteiger partial charge < -0.3 is 10.2 Å². The summed E-state index contributed by atoms with van der Waals surface area (Å²) in [6.07, 6.45) is 10.7. The summed E-state index contributed by atoms with van der Waals surface area (Å²) in [5.74, 6) is 7.22. The molecule has 3 nitrogen and oxygen atoms in total. The van der Waals surface area contributed by atoms with Gasteiger partial charge >= 0.3 is 0 Å². The van der Waals surface area contributed by atoms with Crippen LogP contribution in [0.2, 0.25) is 0 Å². The molecule has 0 amide bonds. The second-order valence-corrected chi connectivity index (χ2v) is 13.1. The van der Waals surface area contributed by atoms with Gasteiger partial charge in [0, 0.05) is 19.1 Å². The molecule has 0 aromatic heterocycles. The second-order valence-electron chi connectivity index (χ2n) is 13.1. The Balaban J connectivity index is 0.00000204. The molecule has 2 heterocycles. The van der Waals surface area contributed by atoms with Crippen LogP contribution in [-0.4, -0.2) is 46.5 Å². The van der Waals surface area contributed by atoms with E-state index in [2.05, 4.69) is 25.7 Å². The third-order valence-electron chi connectivity index (χ3n) is 12.0. The summed E-state index contributed by atoms with van der Waals surface area (Å²) < 4.78 is 0. The maximum atomic E-state index is 11.2. The summed E-state index contributed by atoms with van der Waals surface area (Å²) in [7, 11) is 0. The summed E-state index contributed by atoms with van der Waals surface area (Å²) in [6.45, 7) is 10.3. The highest BCUT2D eigenvalue weighted by atomic mass is 35.5. The van der Waals surface area contributed by atoms with Crippen molar-refractivity contribution in [2.75, 3.05) is 13.1 Å². The molecule has 0 aromatic carbocycles. The van der Waals surface area contributed by atoms with Crippen LogP contribution < -0.4 is 0 Å². The highest BCUT2D eigenvalue weighted by molar-refractivity contribution is 5.85. The minimum absolute atomic E-state index is 0. The molecule has 6 aliphatic rings. The topological polar surface area (TPSA) is 43.7 Å². The van der Waals surface area contributed by atoms with Crippen LogP contribution in [0.4, 0.5) is 0 Å². The fourth-order valence-corrected chi connectivity index (χ4v) is 10.6. The van der Waals surface area contributed by atoms with Crippen molar-refractivity contribution in [3.05, 3.63) is 0 Å². The van der Waals surface area contributed by atoms with Gasteiger partial charge in [-0.05, 0) is 116 Å². The molecule has 31 heavy (non-hydrogen) atoms. The Kier molecular flexibility index (Phi) is 6.02. The average molecular weight is 452 g/mol. The number of hydrogen-bond donors (Lipinski definition) is 2. The number of fused-ring (bicyclic) bond motifs is 8. The molecule has 0 aromatic rings. The van der Waals surface area contributed by atoms with Gasteiger partial charge in [0.05, 0.1) is 12.2 Å². The van der Waals surface area contributed by atoms with Gasteiger partial charge in [0.2, 0.25) is 0 Å². The molecule has 3 unspecified atom stereocenters. The largest absolute Gasteiger partial charge is 0.393 e. The fourth-order valence-electron chi connectivity index (χ4n) is 10.6. The maximum Gasteiger partial charge on any atom is 0.0577 e. The Morgan fingerprint density at radius 1 is 0.742 bits per heavy atom. The molecule has 178 valence electrons. The van der Waals surface area contributed by atoms with Gasteiger partial charge in [0.1, 0.15) is 0 Å². The molecule has 2 aliphatic heterocycles. The van der Waals surface area contributed by atoms with Gasteiger partial charge in [-0.3, -0.25) is 4.90 Å². The Morgan fingerprint density at radius 3 is 2.32 bits per heavy atom. The number of piperidine rings is 2. The Labute approximate surface area is 196 Å². The molecule has 2 N–H and O–H groups in total. The van der Waals surface area contributed by atoms with Crippen molar-refractivity contribution in [2.45, 2.75) is 96.8 Å². The van der Waals surface area contributed by atoms with E-state index in [0.29, 0.717) is 5.92 Å². The van der Waals surface area contributed by atoms with Crippen LogP contribution in [-0.2, 0) is 0 Å². The molecule has 6 fully saturated rings. The first-order valence-corrected chi connectivity index (χ1v) is 13.5. The summed E-state index contributed by atoms with van der Waals surface area (Å²) in [5, 5.41) is 21.5. The van der Waals surface area contributed by atoms with Crippen molar-refractivity contribution >= 4 is 12.4 Å². The molecule has 4 heteroatoms. The van der Waals surface area contributed by atoms with Gasteiger partial charge in [-0.1, -0.05) is 20.8 Å². The standard InChI is InChI=1S/C27H45NO2.ClH/c1-15-4-7-25-16(2)18-5-6-19-20(22(18)14-28(25)13-15)11-23-21(19)12-26(30)24-10-17(29)8-9-27(23,24)3;/h15-26,29-30H,4-14H2,1-3H3;1H/t15-,16-,17+,18-,19-,20-,21?,22?,23+,24-,25+,26+,27?;/m1./s1. The van der Waals surface area contributed by atoms with Crippen molar-refractivity contribution in [1.29, 1.82) is 0 Å². The smallest absolute Gasteiger partial charge is 0.0577 e. The van der Waals surface area contributed by atoms with E-state index in [1.807, 2.05) is 0 Å². The van der Waals surface area contributed by atoms with E-state index in [-0.39, 0.29) is 30.0 Å². The van der Waals surface area contributed by atoms with Crippen LogP contribution in [0, 0.1) is 58.7 Å². The lowest BCUT2D eigenvalue weighted by molar-refractivity contribution is -0.130. The zero-order valence-corrected chi connectivity index (χ0v) is 20.8. The van der Waals surface area contributed by atoms with E-state index >= 15 is 0 Å². The SMILES string of the molecule is C[C@@H]1CC[C@H]2[C@H](C)[C@H]3CC[C@H]4C5C[C@H](O)[C@H]6C[C@@H](O)CCC6(C)[C@H]5C[C@H]4C3CN2C1.Cl. The number of hydrogen-bond acceptors (Lipinski definition) is 3. The third-order valence-corrected chi connectivity index (χ3v) is 12.0. The molecule has 13 atom stereocenters. The highest BCUT2D eigenvalue weighted by Crippen LogP contribution is 2.67. The zero-order chi connectivity index (χ0) is 20.8. The molecule has 0 radical (unpaired) electrons. The highest BCUT2D eigenvalue weighted by Gasteiger charge is 2.62. The van der Waals surface area contributed by atoms with Crippen molar-refractivity contribution in [1.82, 2.24) is 4.90 Å². The van der Waals surface area contributed by atoms with Crippen LogP contribution in [0.1, 0.15) is 78.6 Å². The fraction of sp³-hybridized carbons (Fsp3) is 1.00. The zero-order valence-electron chi connectivity index (χ0n) is 20.0. The average Bonchev–Trinajstić information content (AvgIpc) is 3.09. The lowest BCUT2D eigenvalue weighted by atomic mass is 9.51.